The predicted octanol–water partition coefficient (Wildman–Crippen LogP) is 1.24. The summed E-state index contributed by atoms with van der Waals surface area (Å²) in [6, 6.07) is 0. The van der Waals surface area contributed by atoms with E-state index in [4.69, 9.17) is 0 Å². The van der Waals surface area contributed by atoms with E-state index >= 15 is 0 Å². The van der Waals surface area contributed by atoms with Gasteiger partial charge in [0, 0.05) is 0 Å². The third-order valence-corrected chi connectivity index (χ3v) is 3.20. The SMILES string of the molecule is SC1SC1S. The first-order valence-electron chi connectivity index (χ1n) is 1.32. The maximum Gasteiger partial charge on any atom is 0.0691 e. The monoisotopic (exact) mass is 124 g/mol. The quantitative estimate of drug-likeness (QED) is 0.362. The van der Waals surface area contributed by atoms with E-state index in [1.807, 2.05) is 0 Å². The standard InChI is InChI=1S/C2H4S3/c3-1-2(4)5-1/h1-4H. The van der Waals surface area contributed by atoms with Crippen LogP contribution < -0.4 is 0 Å². The van der Waals surface area contributed by atoms with Gasteiger partial charge < -0.3 is 0 Å². The van der Waals surface area contributed by atoms with E-state index in [1.54, 1.807) is 11.8 Å². The first-order chi connectivity index (χ1) is 2.30. The number of thioether (sulfide) groups is 1. The van der Waals surface area contributed by atoms with Crippen molar-refractivity contribution in [2.45, 2.75) is 9.16 Å². The van der Waals surface area contributed by atoms with Gasteiger partial charge in [-0.25, -0.2) is 0 Å². The Balaban J connectivity index is 2.20. The molecule has 0 radical (unpaired) electrons. The summed E-state index contributed by atoms with van der Waals surface area (Å²) in [4.78, 5) is 0. The molecule has 2 atom stereocenters. The molecule has 3 heteroatoms. The van der Waals surface area contributed by atoms with Gasteiger partial charge in [0.2, 0.25) is 0 Å². The topological polar surface area (TPSA) is 0 Å². The fourth-order valence-electron chi connectivity index (χ4n) is 0.0975. The zero-order valence-corrected chi connectivity index (χ0v) is 5.06. The number of hydrogen-bond acceptors (Lipinski definition) is 3. The van der Waals surface area contributed by atoms with E-state index in [0.717, 1.165) is 0 Å². The third-order valence-electron chi connectivity index (χ3n) is 0.446. The molecule has 2 unspecified atom stereocenters. The van der Waals surface area contributed by atoms with Crippen LogP contribution in [0.2, 0.25) is 0 Å². The maximum absolute atomic E-state index is 4.06. The Hall–Kier alpha value is 1.05. The molecule has 0 aromatic carbocycles. The maximum atomic E-state index is 4.06. The van der Waals surface area contributed by atoms with Crippen molar-refractivity contribution in [3.05, 3.63) is 0 Å². The van der Waals surface area contributed by atoms with Crippen LogP contribution in [0.25, 0.3) is 0 Å². The van der Waals surface area contributed by atoms with Crippen LogP contribution in [0.1, 0.15) is 0 Å². The van der Waals surface area contributed by atoms with Crippen molar-refractivity contribution in [2.24, 2.45) is 0 Å². The highest BCUT2D eigenvalue weighted by molar-refractivity contribution is 8.26. The second kappa shape index (κ2) is 1.28. The summed E-state index contributed by atoms with van der Waals surface area (Å²) in [5, 5.41) is 0. The minimum absolute atomic E-state index is 0.526. The Labute approximate surface area is 46.5 Å². The first kappa shape index (κ1) is 4.22. The van der Waals surface area contributed by atoms with Crippen LogP contribution in [0.3, 0.4) is 0 Å². The van der Waals surface area contributed by atoms with Crippen molar-refractivity contribution in [1.29, 1.82) is 0 Å². The molecule has 0 spiro atoms. The molecule has 30 valence electrons. The van der Waals surface area contributed by atoms with Gasteiger partial charge >= 0.3 is 0 Å². The van der Waals surface area contributed by atoms with Crippen LogP contribution in [0.15, 0.2) is 0 Å². The van der Waals surface area contributed by atoms with Gasteiger partial charge in [-0.2, -0.15) is 25.3 Å². The summed E-state index contributed by atoms with van der Waals surface area (Å²) in [5.41, 5.74) is 0. The Morgan fingerprint density at radius 1 is 1.20 bits per heavy atom. The van der Waals surface area contributed by atoms with Gasteiger partial charge in [0.05, 0.1) is 9.16 Å². The summed E-state index contributed by atoms with van der Waals surface area (Å²) in [7, 11) is 0. The Morgan fingerprint density at radius 2 is 1.40 bits per heavy atom. The minimum atomic E-state index is 0.526. The molecular weight excluding hydrogens is 120 g/mol. The zero-order valence-electron chi connectivity index (χ0n) is 2.46. The van der Waals surface area contributed by atoms with Gasteiger partial charge in [-0.15, -0.1) is 11.8 Å². The van der Waals surface area contributed by atoms with Gasteiger partial charge in [0.1, 0.15) is 0 Å². The fraction of sp³-hybridized carbons (Fsp3) is 1.00. The highest BCUT2D eigenvalue weighted by Gasteiger charge is 2.30. The number of hydrogen-bond donors (Lipinski definition) is 2. The lowest BCUT2D eigenvalue weighted by Crippen LogP contribution is -1.64. The fourth-order valence-corrected chi connectivity index (χ4v) is 1.37. The lowest BCUT2D eigenvalue weighted by Gasteiger charge is -1.62. The molecule has 1 aliphatic heterocycles. The third kappa shape index (κ3) is 0.945. The molecule has 1 saturated heterocycles. The average Bonchev–Trinajstić information content (AvgIpc) is 1.79. The predicted molar refractivity (Wildman–Crippen MR) is 33.1 cm³/mol. The van der Waals surface area contributed by atoms with Gasteiger partial charge in [0.25, 0.3) is 0 Å². The van der Waals surface area contributed by atoms with Crippen molar-refractivity contribution >= 4 is 37.0 Å². The van der Waals surface area contributed by atoms with Crippen molar-refractivity contribution in [2.75, 3.05) is 0 Å². The lowest BCUT2D eigenvalue weighted by atomic mass is 11.0. The van der Waals surface area contributed by atoms with Crippen molar-refractivity contribution in [3.8, 4) is 0 Å². The first-order valence-corrected chi connectivity index (χ1v) is 3.30. The van der Waals surface area contributed by atoms with E-state index in [0.29, 0.717) is 9.16 Å². The van der Waals surface area contributed by atoms with E-state index < -0.39 is 0 Å². The molecule has 0 saturated carbocycles. The highest BCUT2D eigenvalue weighted by Crippen LogP contribution is 2.46. The normalized spacial score (nSPS) is 49.2. The van der Waals surface area contributed by atoms with Crippen molar-refractivity contribution in [1.82, 2.24) is 0 Å². The van der Waals surface area contributed by atoms with Gasteiger partial charge in [-0.3, -0.25) is 0 Å². The van der Waals surface area contributed by atoms with Crippen LogP contribution in [0, 0.1) is 0 Å². The zero-order chi connectivity index (χ0) is 3.86. The molecule has 0 N–H and O–H groups in total. The second-order valence-corrected chi connectivity index (χ2v) is 4.02. The molecule has 0 aromatic heterocycles. The molecule has 1 rings (SSSR count). The summed E-state index contributed by atoms with van der Waals surface area (Å²) < 4.78 is 1.05. The molecule has 0 nitrogen and oxygen atoms in total. The van der Waals surface area contributed by atoms with Gasteiger partial charge in [0.15, 0.2) is 0 Å². The highest BCUT2D eigenvalue weighted by atomic mass is 32.2. The van der Waals surface area contributed by atoms with E-state index in [1.165, 1.54) is 0 Å². The smallest absolute Gasteiger partial charge is 0.0691 e. The lowest BCUT2D eigenvalue weighted by molar-refractivity contribution is 1.57. The van der Waals surface area contributed by atoms with Crippen molar-refractivity contribution < 1.29 is 0 Å². The molecule has 0 bridgehead atoms. The Morgan fingerprint density at radius 3 is 1.40 bits per heavy atom. The summed E-state index contributed by atoms with van der Waals surface area (Å²) >= 11 is 9.89. The molecule has 1 fully saturated rings. The van der Waals surface area contributed by atoms with Gasteiger partial charge in [-0.1, -0.05) is 0 Å². The molecule has 5 heavy (non-hydrogen) atoms. The largest absolute Gasteiger partial charge is 0.163 e. The van der Waals surface area contributed by atoms with E-state index in [-0.39, 0.29) is 0 Å². The van der Waals surface area contributed by atoms with Crippen LogP contribution in [-0.2, 0) is 0 Å². The summed E-state index contributed by atoms with van der Waals surface area (Å²) in [5.74, 6) is 0. The van der Waals surface area contributed by atoms with E-state index in [9.17, 15) is 0 Å². The Kier molecular flexibility index (Phi) is 1.08. The molecular formula is C2H4S3. The second-order valence-electron chi connectivity index (χ2n) is 0.917. The molecule has 1 aliphatic rings. The van der Waals surface area contributed by atoms with Crippen LogP contribution in [0.5, 0.6) is 0 Å². The van der Waals surface area contributed by atoms with Crippen molar-refractivity contribution in [3.63, 3.8) is 0 Å². The Bertz CT molecular complexity index is 38.2. The van der Waals surface area contributed by atoms with Gasteiger partial charge in [-0.05, 0) is 0 Å². The van der Waals surface area contributed by atoms with Crippen LogP contribution >= 0.6 is 37.0 Å². The van der Waals surface area contributed by atoms with Crippen LogP contribution in [-0.4, -0.2) is 9.16 Å². The summed E-state index contributed by atoms with van der Waals surface area (Å²) in [6.07, 6.45) is 0. The number of thiol groups is 2. The van der Waals surface area contributed by atoms with Crippen LogP contribution in [0.4, 0.5) is 0 Å². The molecule has 0 amide bonds. The molecule has 0 aromatic rings. The number of rotatable bonds is 0. The molecule has 1 heterocycles. The minimum Gasteiger partial charge on any atom is -0.163 e. The average molecular weight is 124 g/mol. The molecule has 0 aliphatic carbocycles. The summed E-state index contributed by atoms with van der Waals surface area (Å²) in [6.45, 7) is 0. The van der Waals surface area contributed by atoms with E-state index in [2.05, 4.69) is 25.3 Å².